The summed E-state index contributed by atoms with van der Waals surface area (Å²) in [5, 5.41) is 14.6. The highest BCUT2D eigenvalue weighted by Gasteiger charge is 2.35. The van der Waals surface area contributed by atoms with Crippen molar-refractivity contribution >= 4 is 17.9 Å². The van der Waals surface area contributed by atoms with Crippen molar-refractivity contribution in [2.24, 2.45) is 0 Å². The van der Waals surface area contributed by atoms with Crippen LogP contribution >= 0.6 is 0 Å². The Morgan fingerprint density at radius 3 is 2.35 bits per heavy atom. The molecular formula is C35H31FN4O3. The molecule has 8 heteroatoms. The summed E-state index contributed by atoms with van der Waals surface area (Å²) in [6.45, 7) is 4.24. The van der Waals surface area contributed by atoms with Gasteiger partial charge in [0.2, 0.25) is 0 Å². The minimum absolute atomic E-state index is 0.0259. The van der Waals surface area contributed by atoms with Crippen LogP contribution in [0, 0.1) is 17.1 Å². The van der Waals surface area contributed by atoms with Gasteiger partial charge in [0.05, 0.1) is 11.4 Å². The fourth-order valence-corrected chi connectivity index (χ4v) is 4.89. The first-order valence-electron chi connectivity index (χ1n) is 14.2. The normalized spacial score (nSPS) is 14.4. The Morgan fingerprint density at radius 2 is 1.67 bits per heavy atom. The van der Waals surface area contributed by atoms with E-state index in [9.17, 15) is 19.2 Å². The fourth-order valence-electron chi connectivity index (χ4n) is 4.89. The zero-order valence-corrected chi connectivity index (χ0v) is 24.1. The van der Waals surface area contributed by atoms with Crippen LogP contribution in [0.25, 0.3) is 23.0 Å². The first kappa shape index (κ1) is 29.2. The fraction of sp³-hybridized carbons (Fsp3) is 0.200. The van der Waals surface area contributed by atoms with E-state index in [0.29, 0.717) is 41.2 Å². The molecule has 0 saturated carbocycles. The van der Waals surface area contributed by atoms with E-state index in [1.807, 2.05) is 73.8 Å². The van der Waals surface area contributed by atoms with E-state index in [1.165, 1.54) is 17.0 Å². The number of carbonyl (C=O) groups is 2. The number of rotatable bonds is 10. The van der Waals surface area contributed by atoms with Gasteiger partial charge in [-0.1, -0.05) is 50.1 Å². The molecule has 1 aliphatic heterocycles. The van der Waals surface area contributed by atoms with Crippen LogP contribution in [0.1, 0.15) is 44.2 Å². The average Bonchev–Trinajstić information content (AvgIpc) is 3.45. The molecule has 0 bridgehead atoms. The summed E-state index contributed by atoms with van der Waals surface area (Å²) in [6.07, 6.45) is 6.04. The third kappa shape index (κ3) is 6.47. The smallest absolute Gasteiger partial charge is 0.271 e. The maximum absolute atomic E-state index is 13.6. The molecule has 5 rings (SSSR count). The minimum Gasteiger partial charge on any atom is -0.489 e. The standard InChI is InChI=1S/C35H31FN4O3/c1-3-4-8-19-39-34(41)31(24(2)32(21-37)35(39)42)20-27-22-40(29-9-6-5-7-10-29)38-33(27)26-13-17-30(18-14-26)43-23-25-11-15-28(36)16-12-25/h5-7,9-18,20,22H,3-4,8,19,23H2,1-2H3/b31-20+. The number of ether oxygens (including phenoxy) is 1. The number of carbonyl (C=O) groups excluding carboxylic acids is 2. The molecule has 1 aliphatic rings. The second kappa shape index (κ2) is 13.1. The van der Waals surface area contributed by atoms with Crippen LogP contribution in [0.4, 0.5) is 4.39 Å². The number of halogens is 1. The van der Waals surface area contributed by atoms with Gasteiger partial charge in [-0.05, 0) is 79.1 Å². The molecule has 0 N–H and O–H groups in total. The Kier molecular flexibility index (Phi) is 8.92. The zero-order valence-electron chi connectivity index (χ0n) is 24.1. The summed E-state index contributed by atoms with van der Waals surface area (Å²) in [6, 6.07) is 25.2. The monoisotopic (exact) mass is 574 g/mol. The van der Waals surface area contributed by atoms with Gasteiger partial charge in [0.25, 0.3) is 11.8 Å². The summed E-state index contributed by atoms with van der Waals surface area (Å²) in [7, 11) is 0. The first-order chi connectivity index (χ1) is 20.9. The SMILES string of the molecule is CCCCCN1C(=O)C(C#N)=C(C)/C(=C\c2cn(-c3ccccc3)nc2-c2ccc(OCc3ccc(F)cc3)cc2)C1=O. The van der Waals surface area contributed by atoms with Crippen molar-refractivity contribution in [1.82, 2.24) is 14.7 Å². The summed E-state index contributed by atoms with van der Waals surface area (Å²) < 4.78 is 20.8. The number of hydrogen-bond donors (Lipinski definition) is 0. The van der Waals surface area contributed by atoms with E-state index in [0.717, 1.165) is 29.7 Å². The van der Waals surface area contributed by atoms with Crippen LogP contribution in [0.15, 0.2) is 102 Å². The van der Waals surface area contributed by atoms with Crippen LogP contribution in [-0.2, 0) is 16.2 Å². The number of benzene rings is 3. The maximum Gasteiger partial charge on any atom is 0.271 e. The highest BCUT2D eigenvalue weighted by atomic mass is 19.1. The molecule has 0 unspecified atom stereocenters. The van der Waals surface area contributed by atoms with Crippen LogP contribution in [-0.4, -0.2) is 33.0 Å². The van der Waals surface area contributed by atoms with E-state index in [-0.39, 0.29) is 17.9 Å². The van der Waals surface area contributed by atoms with E-state index < -0.39 is 11.8 Å². The lowest BCUT2D eigenvalue weighted by molar-refractivity contribution is -0.140. The van der Waals surface area contributed by atoms with Gasteiger partial charge in [0.15, 0.2) is 0 Å². The van der Waals surface area contributed by atoms with E-state index in [2.05, 4.69) is 0 Å². The maximum atomic E-state index is 13.6. The Labute approximate surface area is 250 Å². The molecule has 2 amide bonds. The molecule has 216 valence electrons. The second-order valence-corrected chi connectivity index (χ2v) is 10.3. The molecular weight excluding hydrogens is 543 g/mol. The highest BCUT2D eigenvalue weighted by molar-refractivity contribution is 6.19. The van der Waals surface area contributed by atoms with Crippen LogP contribution in [0.3, 0.4) is 0 Å². The number of aromatic nitrogens is 2. The van der Waals surface area contributed by atoms with Gasteiger partial charge in [0, 0.05) is 29.4 Å². The molecule has 43 heavy (non-hydrogen) atoms. The van der Waals surface area contributed by atoms with E-state index in [4.69, 9.17) is 9.84 Å². The number of nitriles is 1. The van der Waals surface area contributed by atoms with Crippen LogP contribution in [0.2, 0.25) is 0 Å². The van der Waals surface area contributed by atoms with Crippen molar-refractivity contribution in [2.45, 2.75) is 39.7 Å². The minimum atomic E-state index is -0.547. The number of imide groups is 1. The molecule has 1 aromatic heterocycles. The van der Waals surface area contributed by atoms with Gasteiger partial charge in [-0.2, -0.15) is 10.4 Å². The molecule has 0 aliphatic carbocycles. The van der Waals surface area contributed by atoms with Crippen molar-refractivity contribution < 1.29 is 18.7 Å². The summed E-state index contributed by atoms with van der Waals surface area (Å²) in [5.41, 5.74) is 4.37. The Balaban J connectivity index is 1.52. The molecule has 2 heterocycles. The molecule has 7 nitrogen and oxygen atoms in total. The molecule has 0 radical (unpaired) electrons. The van der Waals surface area contributed by atoms with E-state index >= 15 is 0 Å². The van der Waals surface area contributed by atoms with E-state index in [1.54, 1.807) is 29.8 Å². The summed E-state index contributed by atoms with van der Waals surface area (Å²) >= 11 is 0. The Morgan fingerprint density at radius 1 is 0.953 bits per heavy atom. The molecule has 0 atom stereocenters. The second-order valence-electron chi connectivity index (χ2n) is 10.3. The lowest BCUT2D eigenvalue weighted by Crippen LogP contribution is -2.43. The van der Waals surface area contributed by atoms with Crippen molar-refractivity contribution in [1.29, 1.82) is 5.26 Å². The van der Waals surface area contributed by atoms with Crippen molar-refractivity contribution in [3.05, 3.63) is 119 Å². The predicted octanol–water partition coefficient (Wildman–Crippen LogP) is 7.04. The summed E-state index contributed by atoms with van der Waals surface area (Å²) in [4.78, 5) is 27.8. The third-order valence-corrected chi connectivity index (χ3v) is 7.32. The number of amides is 2. The third-order valence-electron chi connectivity index (χ3n) is 7.32. The lowest BCUT2D eigenvalue weighted by Gasteiger charge is -2.27. The average molecular weight is 575 g/mol. The highest BCUT2D eigenvalue weighted by Crippen LogP contribution is 2.32. The van der Waals surface area contributed by atoms with Gasteiger partial charge in [-0.25, -0.2) is 9.07 Å². The topological polar surface area (TPSA) is 88.2 Å². The van der Waals surface area contributed by atoms with Gasteiger partial charge in [0.1, 0.15) is 29.8 Å². The van der Waals surface area contributed by atoms with Crippen molar-refractivity contribution in [3.8, 4) is 28.8 Å². The van der Waals surface area contributed by atoms with Crippen molar-refractivity contribution in [2.75, 3.05) is 6.54 Å². The largest absolute Gasteiger partial charge is 0.489 e. The number of unbranched alkanes of at least 4 members (excludes halogenated alkanes) is 2. The van der Waals surface area contributed by atoms with Gasteiger partial charge < -0.3 is 4.74 Å². The predicted molar refractivity (Wildman–Crippen MR) is 162 cm³/mol. The van der Waals surface area contributed by atoms with Crippen LogP contribution < -0.4 is 4.74 Å². The molecule has 0 saturated heterocycles. The molecule has 0 spiro atoms. The zero-order chi connectivity index (χ0) is 30.3. The van der Waals surface area contributed by atoms with Crippen molar-refractivity contribution in [3.63, 3.8) is 0 Å². The number of nitrogens with zero attached hydrogens (tertiary/aromatic N) is 4. The van der Waals surface area contributed by atoms with Crippen LogP contribution in [0.5, 0.6) is 5.75 Å². The number of hydrogen-bond acceptors (Lipinski definition) is 5. The van der Waals surface area contributed by atoms with Gasteiger partial charge in [-0.3, -0.25) is 14.5 Å². The van der Waals surface area contributed by atoms with Gasteiger partial charge >= 0.3 is 0 Å². The summed E-state index contributed by atoms with van der Waals surface area (Å²) in [5.74, 6) is -0.624. The number of para-hydroxylation sites is 1. The molecule has 3 aromatic carbocycles. The quantitative estimate of drug-likeness (QED) is 0.115. The first-order valence-corrected chi connectivity index (χ1v) is 14.2. The Hall–Kier alpha value is -5.29. The van der Waals surface area contributed by atoms with Gasteiger partial charge in [-0.15, -0.1) is 0 Å². The Bertz CT molecular complexity index is 1730. The molecule has 0 fully saturated rings. The lowest BCUT2D eigenvalue weighted by atomic mass is 9.93. The molecule has 4 aromatic rings.